The summed E-state index contributed by atoms with van der Waals surface area (Å²) in [5.74, 6) is 0.533. The molecule has 5 heteroatoms. The average Bonchev–Trinajstić information content (AvgIpc) is 2.20. The van der Waals surface area contributed by atoms with Gasteiger partial charge in [-0.3, -0.25) is 4.52 Å². The molecule has 1 rings (SSSR count). The van der Waals surface area contributed by atoms with E-state index in [0.29, 0.717) is 11.9 Å². The van der Waals surface area contributed by atoms with Gasteiger partial charge in [0.1, 0.15) is 12.5 Å². The monoisotopic (exact) mass is 215 g/mol. The minimum atomic E-state index is -3.05. The lowest BCUT2D eigenvalue weighted by Gasteiger charge is -2.16. The highest BCUT2D eigenvalue weighted by atomic mass is 31.2. The molecule has 2 N–H and O–H groups in total. The summed E-state index contributed by atoms with van der Waals surface area (Å²) in [6, 6.07) is 8.91. The maximum absolute atomic E-state index is 11.8. The van der Waals surface area contributed by atoms with Gasteiger partial charge in [0.15, 0.2) is 0 Å². The van der Waals surface area contributed by atoms with Crippen LogP contribution in [-0.4, -0.2) is 12.9 Å². The number of nitrogens with two attached hydrogens (primary N) is 1. The first kappa shape index (κ1) is 11.2. The highest BCUT2D eigenvalue weighted by Crippen LogP contribution is 2.47. The normalized spacial score (nSPS) is 14.7. The Morgan fingerprint density at radius 3 is 2.50 bits per heavy atom. The smallest absolute Gasteiger partial charge is 0.380 e. The summed E-state index contributed by atoms with van der Waals surface area (Å²) in [5.41, 5.74) is 5.17. The second kappa shape index (κ2) is 5.15. The summed E-state index contributed by atoms with van der Waals surface area (Å²) in [6.07, 6.45) is 0.305. The molecule has 0 aliphatic heterocycles. The predicted molar refractivity (Wildman–Crippen MR) is 55.4 cm³/mol. The van der Waals surface area contributed by atoms with Crippen LogP contribution in [0, 0.1) is 0 Å². The zero-order chi connectivity index (χ0) is 10.4. The van der Waals surface area contributed by atoms with E-state index in [2.05, 4.69) is 0 Å². The largest absolute Gasteiger partial charge is 0.424 e. The van der Waals surface area contributed by atoms with Gasteiger partial charge in [0.05, 0.1) is 6.16 Å². The lowest BCUT2D eigenvalue weighted by molar-refractivity contribution is 0.273. The Bertz CT molecular complexity index is 315. The van der Waals surface area contributed by atoms with Gasteiger partial charge in [-0.25, -0.2) is 4.57 Å². The Kier molecular flexibility index (Phi) is 4.14. The molecule has 78 valence electrons. The van der Waals surface area contributed by atoms with Crippen molar-refractivity contribution in [3.8, 4) is 5.75 Å². The predicted octanol–water partition coefficient (Wildman–Crippen LogP) is 2.21. The molecule has 1 unspecified atom stereocenters. The second-order valence-corrected chi connectivity index (χ2v) is 4.92. The lowest BCUT2D eigenvalue weighted by Crippen LogP contribution is -2.07. The topological polar surface area (TPSA) is 61.5 Å². The Morgan fingerprint density at radius 2 is 2.00 bits per heavy atom. The van der Waals surface area contributed by atoms with Crippen LogP contribution in [0.1, 0.15) is 6.92 Å². The Hall–Kier alpha value is -0.830. The van der Waals surface area contributed by atoms with Gasteiger partial charge in [0, 0.05) is 0 Å². The fraction of sp³-hybridized carbons (Fsp3) is 0.333. The minimum Gasteiger partial charge on any atom is -0.424 e. The van der Waals surface area contributed by atoms with Crippen LogP contribution in [0.5, 0.6) is 5.75 Å². The molecule has 4 nitrogen and oxygen atoms in total. The molecule has 1 aromatic rings. The van der Waals surface area contributed by atoms with Gasteiger partial charge >= 0.3 is 7.60 Å². The van der Waals surface area contributed by atoms with Gasteiger partial charge in [0.25, 0.3) is 0 Å². The van der Waals surface area contributed by atoms with Crippen molar-refractivity contribution in [1.29, 1.82) is 0 Å². The van der Waals surface area contributed by atoms with E-state index >= 15 is 0 Å². The maximum Gasteiger partial charge on any atom is 0.380 e. The van der Waals surface area contributed by atoms with E-state index in [-0.39, 0.29) is 6.73 Å². The summed E-state index contributed by atoms with van der Waals surface area (Å²) in [4.78, 5) is 0. The summed E-state index contributed by atoms with van der Waals surface area (Å²) in [6.45, 7) is 1.64. The van der Waals surface area contributed by atoms with E-state index in [9.17, 15) is 4.57 Å². The van der Waals surface area contributed by atoms with Crippen molar-refractivity contribution in [2.75, 3.05) is 12.9 Å². The van der Waals surface area contributed by atoms with Crippen molar-refractivity contribution < 1.29 is 13.6 Å². The number of rotatable bonds is 5. The number of para-hydroxylation sites is 1. The molecule has 0 radical (unpaired) electrons. The third kappa shape index (κ3) is 3.14. The molecule has 0 aliphatic carbocycles. The van der Waals surface area contributed by atoms with E-state index in [1.807, 2.05) is 6.07 Å². The first-order chi connectivity index (χ1) is 6.70. The van der Waals surface area contributed by atoms with Crippen LogP contribution >= 0.6 is 7.60 Å². The van der Waals surface area contributed by atoms with Gasteiger partial charge in [-0.15, -0.1) is 0 Å². The zero-order valence-corrected chi connectivity index (χ0v) is 8.94. The first-order valence-electron chi connectivity index (χ1n) is 4.38. The SMILES string of the molecule is CCP(=O)(OCN)Oc1ccccc1. The summed E-state index contributed by atoms with van der Waals surface area (Å²) < 4.78 is 22.0. The molecule has 0 aromatic heterocycles. The van der Waals surface area contributed by atoms with Crippen LogP contribution < -0.4 is 10.3 Å². The molecule has 0 bridgehead atoms. The molecule has 1 atom stereocenters. The van der Waals surface area contributed by atoms with Crippen LogP contribution in [0.3, 0.4) is 0 Å². The third-order valence-electron chi connectivity index (χ3n) is 1.65. The van der Waals surface area contributed by atoms with Crippen LogP contribution in [0.4, 0.5) is 0 Å². The van der Waals surface area contributed by atoms with Crippen LogP contribution in [-0.2, 0) is 9.09 Å². The summed E-state index contributed by atoms with van der Waals surface area (Å²) in [7, 11) is -3.05. The van der Waals surface area contributed by atoms with Crippen molar-refractivity contribution in [3.05, 3.63) is 30.3 Å². The molecule has 0 saturated heterocycles. The van der Waals surface area contributed by atoms with Crippen molar-refractivity contribution in [2.45, 2.75) is 6.92 Å². The Labute approximate surface area is 83.6 Å². The summed E-state index contributed by atoms with van der Waals surface area (Å²) in [5, 5.41) is 0. The first-order valence-corrected chi connectivity index (χ1v) is 6.11. The second-order valence-electron chi connectivity index (χ2n) is 2.63. The standard InChI is InChI=1S/C9H14NO3P/c1-2-14(11,12-8-10)13-9-6-4-3-5-7-9/h3-7H,2,8,10H2,1H3. The molecule has 0 spiro atoms. The summed E-state index contributed by atoms with van der Waals surface area (Å²) >= 11 is 0. The maximum atomic E-state index is 11.8. The fourth-order valence-corrected chi connectivity index (χ4v) is 1.97. The number of benzene rings is 1. The van der Waals surface area contributed by atoms with E-state index in [1.165, 1.54) is 0 Å². The molecule has 0 saturated carbocycles. The van der Waals surface area contributed by atoms with Crippen molar-refractivity contribution in [1.82, 2.24) is 0 Å². The van der Waals surface area contributed by atoms with Crippen molar-refractivity contribution >= 4 is 7.60 Å². The van der Waals surface area contributed by atoms with Crippen molar-refractivity contribution in [2.24, 2.45) is 5.73 Å². The van der Waals surface area contributed by atoms with Gasteiger partial charge in [-0.2, -0.15) is 0 Å². The van der Waals surface area contributed by atoms with Gasteiger partial charge in [0.2, 0.25) is 0 Å². The van der Waals surface area contributed by atoms with E-state index in [0.717, 1.165) is 0 Å². The highest BCUT2D eigenvalue weighted by molar-refractivity contribution is 7.54. The number of hydrogen-bond acceptors (Lipinski definition) is 4. The molecular formula is C9H14NO3P. The quantitative estimate of drug-likeness (QED) is 0.604. The van der Waals surface area contributed by atoms with E-state index in [4.69, 9.17) is 14.8 Å². The molecule has 0 fully saturated rings. The minimum absolute atomic E-state index is 0.0993. The molecular weight excluding hydrogens is 201 g/mol. The molecule has 0 heterocycles. The van der Waals surface area contributed by atoms with Crippen molar-refractivity contribution in [3.63, 3.8) is 0 Å². The van der Waals surface area contributed by atoms with Crippen LogP contribution in [0.2, 0.25) is 0 Å². The molecule has 0 amide bonds. The lowest BCUT2D eigenvalue weighted by atomic mass is 10.3. The highest BCUT2D eigenvalue weighted by Gasteiger charge is 2.22. The van der Waals surface area contributed by atoms with E-state index in [1.54, 1.807) is 31.2 Å². The zero-order valence-electron chi connectivity index (χ0n) is 8.05. The average molecular weight is 215 g/mol. The molecule has 0 aliphatic rings. The van der Waals surface area contributed by atoms with Gasteiger partial charge in [-0.1, -0.05) is 25.1 Å². The van der Waals surface area contributed by atoms with E-state index < -0.39 is 7.60 Å². The van der Waals surface area contributed by atoms with Crippen LogP contribution in [0.15, 0.2) is 30.3 Å². The Morgan fingerprint density at radius 1 is 1.36 bits per heavy atom. The molecule has 1 aromatic carbocycles. The molecule has 14 heavy (non-hydrogen) atoms. The Balaban J connectivity index is 2.71. The van der Waals surface area contributed by atoms with Gasteiger partial charge in [-0.05, 0) is 12.1 Å². The van der Waals surface area contributed by atoms with Crippen LogP contribution in [0.25, 0.3) is 0 Å². The fourth-order valence-electron chi connectivity index (χ4n) is 0.938. The van der Waals surface area contributed by atoms with Gasteiger partial charge < -0.3 is 10.3 Å². The third-order valence-corrected chi connectivity index (χ3v) is 3.45. The number of hydrogen-bond donors (Lipinski definition) is 1.